The van der Waals surface area contributed by atoms with Gasteiger partial charge in [-0.3, -0.25) is 9.52 Å². The highest BCUT2D eigenvalue weighted by Crippen LogP contribution is 2.60. The maximum atomic E-state index is 12.5. The van der Waals surface area contributed by atoms with Crippen molar-refractivity contribution in [1.29, 1.82) is 0 Å². The molecule has 7 heteroatoms. The molecule has 0 heterocycles. The van der Waals surface area contributed by atoms with Crippen molar-refractivity contribution in [3.05, 3.63) is 0 Å². The van der Waals surface area contributed by atoms with Gasteiger partial charge in [-0.15, -0.1) is 0 Å². The third-order valence-corrected chi connectivity index (χ3v) is 5.80. The van der Waals surface area contributed by atoms with Crippen LogP contribution < -0.4 is 10.0 Å². The molecule has 0 aliphatic heterocycles. The summed E-state index contributed by atoms with van der Waals surface area (Å²) in [7, 11) is 0. The van der Waals surface area contributed by atoms with Gasteiger partial charge in [0.2, 0.25) is 5.91 Å². The lowest BCUT2D eigenvalue weighted by molar-refractivity contribution is -0.146. The SMILES string of the molecule is O=C(NCCNSC(F)(F)F)C12CC3CC(CC(C3)C1)C2. The Bertz CT molecular complexity index is 378. The van der Waals surface area contributed by atoms with Crippen LogP contribution in [0.1, 0.15) is 38.5 Å². The normalized spacial score (nSPS) is 37.8. The van der Waals surface area contributed by atoms with E-state index in [4.69, 9.17) is 0 Å². The molecule has 4 aliphatic carbocycles. The van der Waals surface area contributed by atoms with E-state index in [0.29, 0.717) is 17.8 Å². The van der Waals surface area contributed by atoms with Gasteiger partial charge in [-0.05, 0) is 56.3 Å². The zero-order valence-electron chi connectivity index (χ0n) is 11.8. The predicted octanol–water partition coefficient (Wildman–Crippen LogP) is 3.08. The Morgan fingerprint density at radius 3 is 2.05 bits per heavy atom. The van der Waals surface area contributed by atoms with Gasteiger partial charge in [0.15, 0.2) is 0 Å². The van der Waals surface area contributed by atoms with Crippen LogP contribution >= 0.6 is 11.9 Å². The summed E-state index contributed by atoms with van der Waals surface area (Å²) < 4.78 is 38.1. The van der Waals surface area contributed by atoms with Crippen molar-refractivity contribution in [3.63, 3.8) is 0 Å². The summed E-state index contributed by atoms with van der Waals surface area (Å²) in [5.41, 5.74) is -4.49. The highest BCUT2D eigenvalue weighted by atomic mass is 32.2. The van der Waals surface area contributed by atoms with Crippen LogP contribution in [0.2, 0.25) is 0 Å². The standard InChI is InChI=1S/C14H21F3N2OS/c15-14(16,17)21-19-2-1-18-12(20)13-6-9-3-10(7-13)5-11(4-9)8-13/h9-11,19H,1-8H2,(H,18,20). The molecule has 4 aliphatic rings. The van der Waals surface area contributed by atoms with Crippen molar-refractivity contribution in [2.45, 2.75) is 44.0 Å². The first-order chi connectivity index (χ1) is 9.86. The third-order valence-electron chi connectivity index (χ3n) is 5.22. The first kappa shape index (κ1) is 15.5. The number of alkyl halides is 3. The molecule has 0 aromatic heterocycles. The minimum absolute atomic E-state index is 0.0698. The fourth-order valence-electron chi connectivity index (χ4n) is 4.94. The summed E-state index contributed by atoms with van der Waals surface area (Å²) in [4.78, 5) is 12.5. The Morgan fingerprint density at radius 2 is 1.57 bits per heavy atom. The fraction of sp³-hybridized carbons (Fsp3) is 0.929. The Kier molecular flexibility index (Phi) is 4.16. The number of rotatable bonds is 5. The molecule has 4 fully saturated rings. The van der Waals surface area contributed by atoms with E-state index in [9.17, 15) is 18.0 Å². The molecule has 0 unspecified atom stereocenters. The molecule has 120 valence electrons. The van der Waals surface area contributed by atoms with Gasteiger partial charge in [0.1, 0.15) is 0 Å². The van der Waals surface area contributed by atoms with E-state index in [1.807, 2.05) is 0 Å². The van der Waals surface area contributed by atoms with E-state index in [-0.39, 0.29) is 36.4 Å². The minimum Gasteiger partial charge on any atom is -0.354 e. The Hall–Kier alpha value is -0.430. The predicted molar refractivity (Wildman–Crippen MR) is 75.3 cm³/mol. The molecule has 1 amide bonds. The zero-order valence-corrected chi connectivity index (χ0v) is 12.7. The molecule has 0 saturated heterocycles. The van der Waals surface area contributed by atoms with Gasteiger partial charge < -0.3 is 5.32 Å². The lowest BCUT2D eigenvalue weighted by Crippen LogP contribution is -2.54. The Labute approximate surface area is 126 Å². The molecule has 4 bridgehead atoms. The Balaban J connectivity index is 1.45. The second kappa shape index (κ2) is 5.65. The van der Waals surface area contributed by atoms with E-state index >= 15 is 0 Å². The van der Waals surface area contributed by atoms with Crippen LogP contribution in [0.4, 0.5) is 13.2 Å². The van der Waals surface area contributed by atoms with Crippen LogP contribution in [0.5, 0.6) is 0 Å². The molecule has 0 spiro atoms. The van der Waals surface area contributed by atoms with Crippen molar-refractivity contribution in [3.8, 4) is 0 Å². The average molecular weight is 322 g/mol. The minimum atomic E-state index is -4.27. The van der Waals surface area contributed by atoms with Gasteiger partial charge in [0.25, 0.3) is 0 Å². The molecule has 2 N–H and O–H groups in total. The highest BCUT2D eigenvalue weighted by Gasteiger charge is 2.54. The van der Waals surface area contributed by atoms with Crippen molar-refractivity contribution < 1.29 is 18.0 Å². The maximum Gasteiger partial charge on any atom is 0.456 e. The van der Waals surface area contributed by atoms with Crippen LogP contribution in [0, 0.1) is 23.2 Å². The quantitative estimate of drug-likeness (QED) is 0.604. The number of hydrogen-bond acceptors (Lipinski definition) is 3. The third kappa shape index (κ3) is 3.50. The topological polar surface area (TPSA) is 41.1 Å². The number of halogens is 3. The second-order valence-corrected chi connectivity index (χ2v) is 7.85. The molecule has 4 rings (SSSR count). The van der Waals surface area contributed by atoms with Crippen molar-refractivity contribution in [2.24, 2.45) is 23.2 Å². The average Bonchev–Trinajstić information content (AvgIpc) is 2.35. The number of nitrogens with one attached hydrogen (secondary N) is 2. The summed E-state index contributed by atoms with van der Waals surface area (Å²) in [6, 6.07) is 0. The lowest BCUT2D eigenvalue weighted by atomic mass is 9.49. The largest absolute Gasteiger partial charge is 0.456 e. The van der Waals surface area contributed by atoms with Crippen LogP contribution in [0.3, 0.4) is 0 Å². The smallest absolute Gasteiger partial charge is 0.354 e. The molecule has 0 radical (unpaired) electrons. The van der Waals surface area contributed by atoms with Crippen LogP contribution in [-0.2, 0) is 4.79 Å². The van der Waals surface area contributed by atoms with Crippen LogP contribution in [-0.4, -0.2) is 24.5 Å². The molecule has 0 aromatic carbocycles. The highest BCUT2D eigenvalue weighted by molar-refractivity contribution is 7.98. The van der Waals surface area contributed by atoms with E-state index in [1.54, 1.807) is 0 Å². The number of carbonyl (C=O) groups excluding carboxylic acids is 1. The zero-order chi connectivity index (χ0) is 15.1. The van der Waals surface area contributed by atoms with Gasteiger partial charge in [0, 0.05) is 30.5 Å². The summed E-state index contributed by atoms with van der Waals surface area (Å²) >= 11 is -0.257. The number of amides is 1. The fourth-order valence-corrected chi connectivity index (χ4v) is 5.30. The van der Waals surface area contributed by atoms with E-state index < -0.39 is 5.51 Å². The van der Waals surface area contributed by atoms with Gasteiger partial charge in [-0.2, -0.15) is 13.2 Å². The molecule has 21 heavy (non-hydrogen) atoms. The van der Waals surface area contributed by atoms with Gasteiger partial charge in [-0.1, -0.05) is 0 Å². The first-order valence-corrected chi connectivity index (χ1v) is 8.44. The summed E-state index contributed by atoms with van der Waals surface area (Å²) in [5, 5.41) is 2.84. The van der Waals surface area contributed by atoms with Crippen LogP contribution in [0.15, 0.2) is 0 Å². The molecule has 3 nitrogen and oxygen atoms in total. The Morgan fingerprint density at radius 1 is 1.05 bits per heavy atom. The summed E-state index contributed by atoms with van der Waals surface area (Å²) in [6.07, 6.45) is 6.77. The second-order valence-electron chi connectivity index (χ2n) is 6.90. The van der Waals surface area contributed by atoms with Crippen LogP contribution in [0.25, 0.3) is 0 Å². The van der Waals surface area contributed by atoms with Crippen molar-refractivity contribution in [2.75, 3.05) is 13.1 Å². The first-order valence-electron chi connectivity index (χ1n) is 7.62. The molecule has 4 saturated carbocycles. The summed E-state index contributed by atoms with van der Waals surface area (Å²) in [6.45, 7) is 0.381. The van der Waals surface area contributed by atoms with Gasteiger partial charge >= 0.3 is 5.51 Å². The number of carbonyl (C=O) groups is 1. The summed E-state index contributed by atoms with van der Waals surface area (Å²) in [5.74, 6) is 2.16. The molecular weight excluding hydrogens is 301 g/mol. The van der Waals surface area contributed by atoms with Crippen molar-refractivity contribution in [1.82, 2.24) is 10.0 Å². The monoisotopic (exact) mass is 322 g/mol. The van der Waals surface area contributed by atoms with Gasteiger partial charge in [0.05, 0.1) is 0 Å². The lowest BCUT2D eigenvalue weighted by Gasteiger charge is -2.55. The molecule has 0 aromatic rings. The van der Waals surface area contributed by atoms with E-state index in [0.717, 1.165) is 19.3 Å². The molecular formula is C14H21F3N2OS. The van der Waals surface area contributed by atoms with Crippen molar-refractivity contribution >= 4 is 17.9 Å². The van der Waals surface area contributed by atoms with Gasteiger partial charge in [-0.25, -0.2) is 0 Å². The van der Waals surface area contributed by atoms with E-state index in [2.05, 4.69) is 10.0 Å². The maximum absolute atomic E-state index is 12.5. The molecule has 0 atom stereocenters. The van der Waals surface area contributed by atoms with E-state index in [1.165, 1.54) is 19.3 Å². The number of hydrogen-bond donors (Lipinski definition) is 2.